The van der Waals surface area contributed by atoms with Crippen molar-refractivity contribution < 1.29 is 18.7 Å². The third-order valence-electron chi connectivity index (χ3n) is 2.99. The molecule has 2 aromatic carbocycles. The smallest absolute Gasteiger partial charge is 0.343 e. The lowest BCUT2D eigenvalue weighted by molar-refractivity contribution is 0.0733. The second-order valence-electron chi connectivity index (χ2n) is 5.26. The van der Waals surface area contributed by atoms with Gasteiger partial charge in [-0.2, -0.15) is 0 Å². The van der Waals surface area contributed by atoms with E-state index < -0.39 is 17.4 Å². The van der Waals surface area contributed by atoms with Crippen molar-refractivity contribution in [2.75, 3.05) is 0 Å². The number of carbonyl (C=O) groups is 1. The highest BCUT2D eigenvalue weighted by Gasteiger charge is 2.19. The van der Waals surface area contributed by atoms with E-state index >= 15 is 0 Å². The number of esters is 1. The van der Waals surface area contributed by atoms with Crippen LogP contribution in [-0.2, 0) is 0 Å². The highest BCUT2D eigenvalue weighted by atomic mass is 19.1. The molecule has 0 aliphatic heterocycles. The van der Waals surface area contributed by atoms with Gasteiger partial charge in [-0.15, -0.1) is 0 Å². The van der Waals surface area contributed by atoms with Crippen molar-refractivity contribution in [3.63, 3.8) is 0 Å². The van der Waals surface area contributed by atoms with Gasteiger partial charge in [-0.1, -0.05) is 24.8 Å². The average Bonchev–Trinajstić information content (AvgIpc) is 2.50. The van der Waals surface area contributed by atoms with Crippen molar-refractivity contribution in [3.05, 3.63) is 72.6 Å². The number of ether oxygens (including phenoxy) is 2. The molecular weight excluding hydrogens is 283 g/mol. The summed E-state index contributed by atoms with van der Waals surface area (Å²) in [5.41, 5.74) is -0.539. The molecular formula is C18H17FO3. The maximum Gasteiger partial charge on any atom is 0.343 e. The number of para-hydroxylation sites is 1. The molecule has 22 heavy (non-hydrogen) atoms. The minimum Gasteiger partial charge on any atom is -0.481 e. The fourth-order valence-corrected chi connectivity index (χ4v) is 1.69. The standard InChI is InChI=1S/C18H17FO3/c1-4-18(2,3)22-16-12-13(10-11-15(16)19)17(20)21-14-8-6-5-7-9-14/h4-12H,1H2,2-3H3. The minimum absolute atomic E-state index is 0.0209. The summed E-state index contributed by atoms with van der Waals surface area (Å²) in [5.74, 6) is -0.725. The van der Waals surface area contributed by atoms with Crippen LogP contribution in [0.3, 0.4) is 0 Å². The van der Waals surface area contributed by atoms with Crippen molar-refractivity contribution in [1.82, 2.24) is 0 Å². The molecule has 114 valence electrons. The first-order valence-corrected chi connectivity index (χ1v) is 6.81. The summed E-state index contributed by atoms with van der Waals surface area (Å²) in [6, 6.07) is 12.5. The number of hydrogen-bond acceptors (Lipinski definition) is 3. The Kier molecular flexibility index (Phi) is 4.61. The Morgan fingerprint density at radius 2 is 1.86 bits per heavy atom. The molecule has 0 radical (unpaired) electrons. The van der Waals surface area contributed by atoms with Crippen molar-refractivity contribution in [2.45, 2.75) is 19.4 Å². The molecule has 0 aliphatic rings. The van der Waals surface area contributed by atoms with Gasteiger partial charge in [0, 0.05) is 0 Å². The quantitative estimate of drug-likeness (QED) is 0.467. The minimum atomic E-state index is -0.747. The van der Waals surface area contributed by atoms with Crippen LogP contribution in [0.25, 0.3) is 0 Å². The third kappa shape index (κ3) is 3.95. The molecule has 0 amide bonds. The third-order valence-corrected chi connectivity index (χ3v) is 2.99. The SMILES string of the molecule is C=CC(C)(C)Oc1cc(C(=O)Oc2ccccc2)ccc1F. The number of carbonyl (C=O) groups excluding carboxylic acids is 1. The van der Waals surface area contributed by atoms with Crippen molar-refractivity contribution in [2.24, 2.45) is 0 Å². The lowest BCUT2D eigenvalue weighted by Gasteiger charge is -2.22. The lowest BCUT2D eigenvalue weighted by atomic mass is 10.1. The number of rotatable bonds is 5. The van der Waals surface area contributed by atoms with Crippen LogP contribution in [0.2, 0.25) is 0 Å². The first-order valence-electron chi connectivity index (χ1n) is 6.81. The summed E-state index contributed by atoms with van der Waals surface area (Å²) in [4.78, 5) is 12.1. The van der Waals surface area contributed by atoms with E-state index in [0.717, 1.165) is 0 Å². The zero-order chi connectivity index (χ0) is 16.2. The fraction of sp³-hybridized carbons (Fsp3) is 0.167. The van der Waals surface area contributed by atoms with E-state index in [1.165, 1.54) is 18.2 Å². The van der Waals surface area contributed by atoms with Gasteiger partial charge in [0.2, 0.25) is 0 Å². The number of hydrogen-bond donors (Lipinski definition) is 0. The fourth-order valence-electron chi connectivity index (χ4n) is 1.69. The van der Waals surface area contributed by atoms with Crippen molar-refractivity contribution in [3.8, 4) is 11.5 Å². The predicted octanol–water partition coefficient (Wildman–Crippen LogP) is 4.39. The molecule has 0 heterocycles. The van der Waals surface area contributed by atoms with Gasteiger partial charge < -0.3 is 9.47 Å². The highest BCUT2D eigenvalue weighted by molar-refractivity contribution is 5.91. The first-order chi connectivity index (χ1) is 10.4. The molecule has 0 fully saturated rings. The summed E-state index contributed by atoms with van der Waals surface area (Å²) in [6.45, 7) is 7.12. The molecule has 0 saturated heterocycles. The Morgan fingerprint density at radius 3 is 2.50 bits per heavy atom. The predicted molar refractivity (Wildman–Crippen MR) is 82.7 cm³/mol. The van der Waals surface area contributed by atoms with E-state index in [1.54, 1.807) is 44.2 Å². The second-order valence-corrected chi connectivity index (χ2v) is 5.26. The topological polar surface area (TPSA) is 35.5 Å². The molecule has 2 rings (SSSR count). The Bertz CT molecular complexity index is 678. The summed E-state index contributed by atoms with van der Waals surface area (Å²) < 4.78 is 24.6. The van der Waals surface area contributed by atoms with Gasteiger partial charge in [-0.05, 0) is 50.3 Å². The molecule has 4 heteroatoms. The Balaban J connectivity index is 2.21. The molecule has 0 atom stereocenters. The van der Waals surface area contributed by atoms with E-state index in [-0.39, 0.29) is 11.3 Å². The highest BCUT2D eigenvalue weighted by Crippen LogP contribution is 2.25. The van der Waals surface area contributed by atoms with Crippen molar-refractivity contribution in [1.29, 1.82) is 0 Å². The van der Waals surface area contributed by atoms with Crippen LogP contribution in [-0.4, -0.2) is 11.6 Å². The molecule has 2 aromatic rings. The summed E-state index contributed by atoms with van der Waals surface area (Å²) in [5, 5.41) is 0. The Morgan fingerprint density at radius 1 is 1.18 bits per heavy atom. The normalized spacial score (nSPS) is 10.9. The molecule has 0 unspecified atom stereocenters. The van der Waals surface area contributed by atoms with Crippen molar-refractivity contribution >= 4 is 5.97 Å². The van der Waals surface area contributed by atoms with E-state index in [2.05, 4.69) is 6.58 Å². The van der Waals surface area contributed by atoms with Gasteiger partial charge >= 0.3 is 5.97 Å². The van der Waals surface area contributed by atoms with E-state index in [9.17, 15) is 9.18 Å². The molecule has 0 aromatic heterocycles. The summed E-state index contributed by atoms with van der Waals surface area (Å²) in [7, 11) is 0. The largest absolute Gasteiger partial charge is 0.481 e. The van der Waals surface area contributed by atoms with Gasteiger partial charge in [0.05, 0.1) is 5.56 Å². The molecule has 0 aliphatic carbocycles. The van der Waals surface area contributed by atoms with Gasteiger partial charge in [0.15, 0.2) is 11.6 Å². The second kappa shape index (κ2) is 6.43. The molecule has 0 spiro atoms. The zero-order valence-corrected chi connectivity index (χ0v) is 12.5. The van der Waals surface area contributed by atoms with Crippen LogP contribution in [0.15, 0.2) is 61.2 Å². The maximum atomic E-state index is 13.8. The van der Waals surface area contributed by atoms with Gasteiger partial charge in [-0.3, -0.25) is 0 Å². The van der Waals surface area contributed by atoms with E-state index in [1.807, 2.05) is 6.07 Å². The maximum absolute atomic E-state index is 13.8. The van der Waals surface area contributed by atoms with Crippen LogP contribution in [0.4, 0.5) is 4.39 Å². The number of benzene rings is 2. The van der Waals surface area contributed by atoms with Gasteiger partial charge in [-0.25, -0.2) is 9.18 Å². The van der Waals surface area contributed by atoms with Crippen LogP contribution in [0.5, 0.6) is 11.5 Å². The first kappa shape index (κ1) is 15.8. The average molecular weight is 300 g/mol. The lowest BCUT2D eigenvalue weighted by Crippen LogP contribution is -2.25. The molecule has 0 N–H and O–H groups in total. The molecule has 3 nitrogen and oxygen atoms in total. The van der Waals surface area contributed by atoms with Gasteiger partial charge in [0.1, 0.15) is 11.4 Å². The summed E-state index contributed by atoms with van der Waals surface area (Å²) in [6.07, 6.45) is 1.56. The van der Waals surface area contributed by atoms with Gasteiger partial charge in [0.25, 0.3) is 0 Å². The van der Waals surface area contributed by atoms with Crippen LogP contribution in [0, 0.1) is 5.82 Å². The van der Waals surface area contributed by atoms with Crippen LogP contribution in [0.1, 0.15) is 24.2 Å². The Labute approximate surface area is 129 Å². The van der Waals surface area contributed by atoms with E-state index in [4.69, 9.17) is 9.47 Å². The number of halogens is 1. The summed E-state index contributed by atoms with van der Waals surface area (Å²) >= 11 is 0. The Hall–Kier alpha value is -2.62. The van der Waals surface area contributed by atoms with Crippen LogP contribution < -0.4 is 9.47 Å². The van der Waals surface area contributed by atoms with E-state index in [0.29, 0.717) is 5.75 Å². The zero-order valence-electron chi connectivity index (χ0n) is 12.5. The molecule has 0 saturated carbocycles. The monoisotopic (exact) mass is 300 g/mol. The molecule has 0 bridgehead atoms. The van der Waals surface area contributed by atoms with Crippen LogP contribution >= 0.6 is 0 Å².